The highest BCUT2D eigenvalue weighted by molar-refractivity contribution is 7.99. The van der Waals surface area contributed by atoms with Gasteiger partial charge >= 0.3 is 6.18 Å². The SMILES string of the molecule is FC(F)(F)c1ccc(C2C=C(c3cccs3)Nc3ccccc3S2)cc1. The lowest BCUT2D eigenvalue weighted by atomic mass is 10.1. The number of nitrogens with one attached hydrogen (secondary N) is 1. The van der Waals surface area contributed by atoms with Crippen LogP contribution in [0.2, 0.25) is 0 Å². The number of hydrogen-bond acceptors (Lipinski definition) is 3. The van der Waals surface area contributed by atoms with Gasteiger partial charge in [0.2, 0.25) is 0 Å². The number of alkyl halides is 3. The first kappa shape index (κ1) is 17.2. The molecule has 1 N–H and O–H groups in total. The number of anilines is 1. The normalized spacial score (nSPS) is 17.0. The van der Waals surface area contributed by atoms with Gasteiger partial charge in [0.25, 0.3) is 0 Å². The van der Waals surface area contributed by atoms with E-state index in [1.807, 2.05) is 41.8 Å². The molecule has 0 fully saturated rings. The number of fused-ring (bicyclic) bond motifs is 1. The van der Waals surface area contributed by atoms with Crippen LogP contribution in [0.25, 0.3) is 5.70 Å². The summed E-state index contributed by atoms with van der Waals surface area (Å²) in [5, 5.41) is 5.40. The maximum Gasteiger partial charge on any atom is 0.416 e. The molecule has 1 nitrogen and oxygen atoms in total. The zero-order valence-electron chi connectivity index (χ0n) is 13.5. The fourth-order valence-electron chi connectivity index (χ4n) is 2.78. The van der Waals surface area contributed by atoms with Gasteiger partial charge in [0, 0.05) is 4.90 Å². The number of thioether (sulfide) groups is 1. The van der Waals surface area contributed by atoms with Gasteiger partial charge in [-0.3, -0.25) is 0 Å². The molecule has 0 radical (unpaired) electrons. The molecule has 0 amide bonds. The average molecular weight is 389 g/mol. The molecule has 0 saturated carbocycles. The van der Waals surface area contributed by atoms with E-state index in [9.17, 15) is 13.2 Å². The number of hydrogen-bond donors (Lipinski definition) is 1. The Kier molecular flexibility index (Phi) is 4.54. The van der Waals surface area contributed by atoms with Crippen LogP contribution in [-0.4, -0.2) is 0 Å². The maximum absolute atomic E-state index is 12.8. The third-order valence-electron chi connectivity index (χ3n) is 4.08. The molecule has 0 spiro atoms. The van der Waals surface area contributed by atoms with Crippen molar-refractivity contribution in [3.8, 4) is 0 Å². The number of para-hydroxylation sites is 1. The Balaban J connectivity index is 1.75. The van der Waals surface area contributed by atoms with Gasteiger partial charge < -0.3 is 5.32 Å². The second-order valence-corrected chi connectivity index (χ2v) is 7.97. The Labute approximate surface area is 157 Å². The summed E-state index contributed by atoms with van der Waals surface area (Å²) in [6.07, 6.45) is -2.24. The van der Waals surface area contributed by atoms with Crippen molar-refractivity contribution in [2.45, 2.75) is 16.3 Å². The summed E-state index contributed by atoms with van der Waals surface area (Å²) in [7, 11) is 0. The van der Waals surface area contributed by atoms with Crippen LogP contribution in [0.4, 0.5) is 18.9 Å². The summed E-state index contributed by atoms with van der Waals surface area (Å²) < 4.78 is 38.5. The molecule has 1 aliphatic heterocycles. The molecule has 0 bridgehead atoms. The quantitative estimate of drug-likeness (QED) is 0.503. The minimum atomic E-state index is -4.32. The molecule has 6 heteroatoms. The third-order valence-corrected chi connectivity index (χ3v) is 6.26. The van der Waals surface area contributed by atoms with Crippen molar-refractivity contribution in [1.82, 2.24) is 0 Å². The van der Waals surface area contributed by atoms with Gasteiger partial charge in [-0.1, -0.05) is 30.3 Å². The van der Waals surface area contributed by atoms with Crippen molar-refractivity contribution in [2.75, 3.05) is 5.32 Å². The van der Waals surface area contributed by atoms with Gasteiger partial charge in [-0.25, -0.2) is 0 Å². The minimum Gasteiger partial charge on any atom is -0.354 e. The Morgan fingerprint density at radius 1 is 0.885 bits per heavy atom. The second-order valence-electron chi connectivity index (χ2n) is 5.84. The highest BCUT2D eigenvalue weighted by Gasteiger charge is 2.30. The molecule has 1 atom stereocenters. The second kappa shape index (κ2) is 6.85. The van der Waals surface area contributed by atoms with E-state index in [0.717, 1.165) is 38.9 Å². The summed E-state index contributed by atoms with van der Waals surface area (Å²) >= 11 is 3.26. The van der Waals surface area contributed by atoms with Crippen molar-refractivity contribution in [3.63, 3.8) is 0 Å². The number of benzene rings is 2. The molecule has 2 aromatic carbocycles. The van der Waals surface area contributed by atoms with Crippen molar-refractivity contribution < 1.29 is 13.2 Å². The van der Waals surface area contributed by atoms with Gasteiger partial charge in [-0.05, 0) is 47.4 Å². The lowest BCUT2D eigenvalue weighted by Crippen LogP contribution is -2.04. The summed E-state index contributed by atoms with van der Waals surface area (Å²) in [5.41, 5.74) is 2.20. The highest BCUT2D eigenvalue weighted by atomic mass is 32.2. The molecule has 1 unspecified atom stereocenters. The van der Waals surface area contributed by atoms with Crippen molar-refractivity contribution in [2.24, 2.45) is 0 Å². The van der Waals surface area contributed by atoms with Crippen LogP contribution < -0.4 is 5.32 Å². The van der Waals surface area contributed by atoms with Crippen LogP contribution in [0.3, 0.4) is 0 Å². The molecule has 3 aromatic rings. The van der Waals surface area contributed by atoms with E-state index in [4.69, 9.17) is 0 Å². The van der Waals surface area contributed by atoms with E-state index in [1.54, 1.807) is 35.2 Å². The first-order valence-electron chi connectivity index (χ1n) is 7.96. The van der Waals surface area contributed by atoms with Gasteiger partial charge in [-0.2, -0.15) is 13.2 Å². The molecule has 1 aromatic heterocycles. The molecule has 26 heavy (non-hydrogen) atoms. The standard InChI is InChI=1S/C20H14F3NS2/c21-20(22,23)14-9-7-13(8-10-14)19-12-16(17-6-3-11-25-17)24-15-4-1-2-5-18(15)26-19/h1-12,19,24H. The first-order valence-corrected chi connectivity index (χ1v) is 9.72. The van der Waals surface area contributed by atoms with E-state index in [0.29, 0.717) is 0 Å². The van der Waals surface area contributed by atoms with E-state index in [1.165, 1.54) is 0 Å². The molecule has 0 aliphatic carbocycles. The van der Waals surface area contributed by atoms with Gasteiger partial charge in [0.15, 0.2) is 0 Å². The molecule has 132 valence electrons. The fraction of sp³-hybridized carbons (Fsp3) is 0.100. The Morgan fingerprint density at radius 2 is 1.65 bits per heavy atom. The lowest BCUT2D eigenvalue weighted by Gasteiger charge is -2.14. The lowest BCUT2D eigenvalue weighted by molar-refractivity contribution is -0.137. The van der Waals surface area contributed by atoms with Gasteiger partial charge in [0.05, 0.1) is 27.1 Å². The van der Waals surface area contributed by atoms with Gasteiger partial charge in [0.1, 0.15) is 0 Å². The zero-order valence-corrected chi connectivity index (χ0v) is 15.1. The topological polar surface area (TPSA) is 12.0 Å². The Hall–Kier alpha value is -2.18. The predicted molar refractivity (Wildman–Crippen MR) is 102 cm³/mol. The van der Waals surface area contributed by atoms with E-state index in [-0.39, 0.29) is 5.25 Å². The van der Waals surface area contributed by atoms with E-state index < -0.39 is 11.7 Å². The van der Waals surface area contributed by atoms with Crippen LogP contribution in [0.1, 0.15) is 21.3 Å². The summed E-state index contributed by atoms with van der Waals surface area (Å²) in [6, 6.07) is 17.4. The summed E-state index contributed by atoms with van der Waals surface area (Å²) in [5.74, 6) is 0. The zero-order chi connectivity index (χ0) is 18.1. The highest BCUT2D eigenvalue weighted by Crippen LogP contribution is 2.45. The predicted octanol–water partition coefficient (Wildman–Crippen LogP) is 7.07. The van der Waals surface area contributed by atoms with Crippen molar-refractivity contribution in [1.29, 1.82) is 0 Å². The first-order chi connectivity index (χ1) is 12.5. The van der Waals surface area contributed by atoms with Crippen LogP contribution in [0, 0.1) is 0 Å². The summed E-state index contributed by atoms with van der Waals surface area (Å²) in [4.78, 5) is 2.17. The van der Waals surface area contributed by atoms with Crippen molar-refractivity contribution in [3.05, 3.63) is 88.1 Å². The molecule has 4 rings (SSSR count). The minimum absolute atomic E-state index is 0.0782. The monoisotopic (exact) mass is 389 g/mol. The molecule has 0 saturated heterocycles. The van der Waals surface area contributed by atoms with E-state index in [2.05, 4.69) is 11.4 Å². The third kappa shape index (κ3) is 3.52. The van der Waals surface area contributed by atoms with Crippen molar-refractivity contribution >= 4 is 34.5 Å². The Bertz CT molecular complexity index is 928. The smallest absolute Gasteiger partial charge is 0.354 e. The van der Waals surface area contributed by atoms with Crippen LogP contribution in [0.15, 0.2) is 77.0 Å². The van der Waals surface area contributed by atoms with Gasteiger partial charge in [-0.15, -0.1) is 23.1 Å². The average Bonchev–Trinajstić information content (AvgIpc) is 3.09. The van der Waals surface area contributed by atoms with E-state index >= 15 is 0 Å². The molecular weight excluding hydrogens is 375 g/mol. The number of rotatable bonds is 2. The summed E-state index contributed by atoms with van der Waals surface area (Å²) in [6.45, 7) is 0. The number of thiophene rings is 1. The molecule has 1 aliphatic rings. The largest absolute Gasteiger partial charge is 0.416 e. The maximum atomic E-state index is 12.8. The molecule has 2 heterocycles. The van der Waals surface area contributed by atoms with Crippen LogP contribution in [0.5, 0.6) is 0 Å². The fourth-order valence-corrected chi connectivity index (χ4v) is 4.66. The number of halogens is 3. The Morgan fingerprint density at radius 3 is 2.35 bits per heavy atom. The molecular formula is C20H14F3NS2. The van der Waals surface area contributed by atoms with Crippen LogP contribution in [-0.2, 0) is 6.18 Å². The van der Waals surface area contributed by atoms with Crippen LogP contribution >= 0.6 is 23.1 Å².